The second-order valence-corrected chi connectivity index (χ2v) is 6.38. The summed E-state index contributed by atoms with van der Waals surface area (Å²) in [6, 6.07) is 0. The van der Waals surface area contributed by atoms with E-state index in [2.05, 4.69) is 0 Å². The summed E-state index contributed by atoms with van der Waals surface area (Å²) in [6.07, 6.45) is 2.28. The van der Waals surface area contributed by atoms with E-state index in [-0.39, 0.29) is 6.09 Å². The summed E-state index contributed by atoms with van der Waals surface area (Å²) in [5.74, 6) is 1.86. The second kappa shape index (κ2) is 4.48. The van der Waals surface area contributed by atoms with Crippen molar-refractivity contribution >= 4 is 6.09 Å². The van der Waals surface area contributed by atoms with Crippen molar-refractivity contribution in [3.05, 3.63) is 0 Å². The van der Waals surface area contributed by atoms with E-state index in [9.17, 15) is 4.79 Å². The molecule has 2 aliphatic rings. The predicted molar refractivity (Wildman–Crippen MR) is 66.6 cm³/mol. The summed E-state index contributed by atoms with van der Waals surface area (Å²) in [4.78, 5) is 13.8. The van der Waals surface area contributed by atoms with Crippen LogP contribution in [0.1, 0.15) is 33.6 Å². The number of likely N-dealkylation sites (tertiary alicyclic amines) is 1. The molecular formula is C13H24N2O2. The van der Waals surface area contributed by atoms with Gasteiger partial charge in [-0.05, 0) is 57.9 Å². The minimum Gasteiger partial charge on any atom is -0.444 e. The molecule has 1 amide bonds. The lowest BCUT2D eigenvalue weighted by molar-refractivity contribution is 0.0276. The molecule has 17 heavy (non-hydrogen) atoms. The van der Waals surface area contributed by atoms with Gasteiger partial charge in [-0.1, -0.05) is 0 Å². The number of nitrogens with two attached hydrogens (primary N) is 1. The van der Waals surface area contributed by atoms with Crippen molar-refractivity contribution in [3.8, 4) is 0 Å². The first-order valence-corrected chi connectivity index (χ1v) is 6.58. The molecule has 0 aromatic carbocycles. The number of hydrogen-bond acceptors (Lipinski definition) is 3. The zero-order valence-electron chi connectivity index (χ0n) is 11.1. The summed E-state index contributed by atoms with van der Waals surface area (Å²) in [5, 5.41) is 0. The average Bonchev–Trinajstić information content (AvgIpc) is 2.72. The Balaban J connectivity index is 1.92. The molecule has 0 radical (unpaired) electrons. The molecule has 4 nitrogen and oxygen atoms in total. The minimum absolute atomic E-state index is 0.164. The molecule has 1 saturated carbocycles. The number of carbonyl (C=O) groups excluding carboxylic acids is 1. The van der Waals surface area contributed by atoms with Gasteiger partial charge in [-0.15, -0.1) is 0 Å². The Kier molecular flexibility index (Phi) is 3.34. The lowest BCUT2D eigenvalue weighted by Gasteiger charge is -2.25. The number of hydrogen-bond donors (Lipinski definition) is 1. The SMILES string of the molecule is CC(C)(C)OC(=O)N1C[C@@H]2CC[C@@H](CN)[C@@H]2C1. The molecule has 0 unspecified atom stereocenters. The average molecular weight is 240 g/mol. The highest BCUT2D eigenvalue weighted by molar-refractivity contribution is 5.68. The third kappa shape index (κ3) is 2.73. The van der Waals surface area contributed by atoms with Crippen LogP contribution >= 0.6 is 0 Å². The van der Waals surface area contributed by atoms with Gasteiger partial charge < -0.3 is 15.4 Å². The Labute approximate surface area is 103 Å². The Morgan fingerprint density at radius 2 is 2.06 bits per heavy atom. The number of amides is 1. The third-order valence-corrected chi connectivity index (χ3v) is 3.96. The van der Waals surface area contributed by atoms with Crippen LogP contribution in [-0.2, 0) is 4.74 Å². The predicted octanol–water partition coefficient (Wildman–Crippen LogP) is 1.84. The zero-order valence-corrected chi connectivity index (χ0v) is 11.1. The zero-order chi connectivity index (χ0) is 12.6. The highest BCUT2D eigenvalue weighted by atomic mass is 16.6. The Bertz CT molecular complexity index is 298. The Hall–Kier alpha value is -0.770. The van der Waals surface area contributed by atoms with Crippen LogP contribution in [0.4, 0.5) is 4.79 Å². The van der Waals surface area contributed by atoms with Crippen LogP contribution in [0, 0.1) is 17.8 Å². The molecule has 0 bridgehead atoms. The van der Waals surface area contributed by atoms with Gasteiger partial charge in [0, 0.05) is 13.1 Å². The molecule has 2 N–H and O–H groups in total. The lowest BCUT2D eigenvalue weighted by atomic mass is 9.93. The van der Waals surface area contributed by atoms with Crippen molar-refractivity contribution in [2.24, 2.45) is 23.5 Å². The molecular weight excluding hydrogens is 216 g/mol. The second-order valence-electron chi connectivity index (χ2n) is 6.38. The van der Waals surface area contributed by atoms with Crippen molar-refractivity contribution in [1.29, 1.82) is 0 Å². The van der Waals surface area contributed by atoms with Gasteiger partial charge in [-0.2, -0.15) is 0 Å². The highest BCUT2D eigenvalue weighted by Crippen LogP contribution is 2.41. The molecule has 1 saturated heterocycles. The van der Waals surface area contributed by atoms with Crippen molar-refractivity contribution < 1.29 is 9.53 Å². The molecule has 0 spiro atoms. The van der Waals surface area contributed by atoms with Crippen molar-refractivity contribution in [3.63, 3.8) is 0 Å². The molecule has 98 valence electrons. The van der Waals surface area contributed by atoms with Gasteiger partial charge >= 0.3 is 6.09 Å². The van der Waals surface area contributed by atoms with Gasteiger partial charge in [0.15, 0.2) is 0 Å². The van der Waals surface area contributed by atoms with E-state index in [1.807, 2.05) is 25.7 Å². The van der Waals surface area contributed by atoms with E-state index in [1.54, 1.807) is 0 Å². The summed E-state index contributed by atoms with van der Waals surface area (Å²) in [5.41, 5.74) is 5.38. The van der Waals surface area contributed by atoms with Gasteiger partial charge in [-0.3, -0.25) is 0 Å². The van der Waals surface area contributed by atoms with Crippen molar-refractivity contribution in [2.75, 3.05) is 19.6 Å². The van der Waals surface area contributed by atoms with Crippen LogP contribution in [0.5, 0.6) is 0 Å². The molecule has 4 heteroatoms. The van der Waals surface area contributed by atoms with Gasteiger partial charge in [0.1, 0.15) is 5.60 Å². The molecule has 1 heterocycles. The fraction of sp³-hybridized carbons (Fsp3) is 0.923. The Morgan fingerprint density at radius 1 is 1.35 bits per heavy atom. The first-order valence-electron chi connectivity index (χ1n) is 6.58. The van der Waals surface area contributed by atoms with E-state index in [4.69, 9.17) is 10.5 Å². The fourth-order valence-corrected chi connectivity index (χ4v) is 3.15. The lowest BCUT2D eigenvalue weighted by Crippen LogP contribution is -2.36. The van der Waals surface area contributed by atoms with E-state index in [0.29, 0.717) is 17.8 Å². The molecule has 1 aliphatic heterocycles. The van der Waals surface area contributed by atoms with E-state index in [1.165, 1.54) is 12.8 Å². The quantitative estimate of drug-likeness (QED) is 0.761. The Morgan fingerprint density at radius 3 is 2.65 bits per heavy atom. The summed E-state index contributed by atoms with van der Waals surface area (Å²) >= 11 is 0. The number of fused-ring (bicyclic) bond motifs is 1. The van der Waals surface area contributed by atoms with Crippen LogP contribution in [0.25, 0.3) is 0 Å². The third-order valence-electron chi connectivity index (χ3n) is 3.96. The van der Waals surface area contributed by atoms with Gasteiger partial charge in [0.25, 0.3) is 0 Å². The standard InChI is InChI=1S/C13H24N2O2/c1-13(2,3)17-12(16)15-7-10-5-4-9(6-14)11(10)8-15/h9-11H,4-8,14H2,1-3H3/t9-,10-,11-/m0/s1. The molecule has 3 atom stereocenters. The summed E-state index contributed by atoms with van der Waals surface area (Å²) < 4.78 is 5.41. The number of ether oxygens (including phenoxy) is 1. The molecule has 0 aromatic rings. The van der Waals surface area contributed by atoms with Crippen molar-refractivity contribution in [2.45, 2.75) is 39.2 Å². The maximum absolute atomic E-state index is 12.0. The molecule has 1 aliphatic carbocycles. The number of carbonyl (C=O) groups is 1. The van der Waals surface area contributed by atoms with Gasteiger partial charge in [-0.25, -0.2) is 4.79 Å². The topological polar surface area (TPSA) is 55.6 Å². The number of rotatable bonds is 1. The van der Waals surface area contributed by atoms with E-state index < -0.39 is 5.60 Å². The van der Waals surface area contributed by atoms with Crippen molar-refractivity contribution in [1.82, 2.24) is 4.90 Å². The first kappa shape index (κ1) is 12.7. The van der Waals surface area contributed by atoms with Crippen LogP contribution in [-0.4, -0.2) is 36.2 Å². The fourth-order valence-electron chi connectivity index (χ4n) is 3.15. The first-order chi connectivity index (χ1) is 7.90. The van der Waals surface area contributed by atoms with Gasteiger partial charge in [0.2, 0.25) is 0 Å². The van der Waals surface area contributed by atoms with Crippen LogP contribution in [0.2, 0.25) is 0 Å². The molecule has 2 fully saturated rings. The highest BCUT2D eigenvalue weighted by Gasteiger charge is 2.44. The molecule has 0 aromatic heterocycles. The minimum atomic E-state index is -0.401. The number of nitrogens with zero attached hydrogens (tertiary/aromatic N) is 1. The largest absolute Gasteiger partial charge is 0.444 e. The van der Waals surface area contributed by atoms with Crippen LogP contribution in [0.3, 0.4) is 0 Å². The van der Waals surface area contributed by atoms with Gasteiger partial charge in [0.05, 0.1) is 0 Å². The monoisotopic (exact) mass is 240 g/mol. The maximum Gasteiger partial charge on any atom is 0.410 e. The molecule has 2 rings (SSSR count). The summed E-state index contributed by atoms with van der Waals surface area (Å²) in [6.45, 7) is 8.17. The smallest absolute Gasteiger partial charge is 0.410 e. The maximum atomic E-state index is 12.0. The van der Waals surface area contributed by atoms with Crippen LogP contribution in [0.15, 0.2) is 0 Å². The van der Waals surface area contributed by atoms with Crippen LogP contribution < -0.4 is 5.73 Å². The normalized spacial score (nSPS) is 32.7. The van der Waals surface area contributed by atoms with E-state index >= 15 is 0 Å². The summed E-state index contributed by atoms with van der Waals surface area (Å²) in [7, 11) is 0. The van der Waals surface area contributed by atoms with E-state index in [0.717, 1.165) is 19.6 Å².